The van der Waals surface area contributed by atoms with Gasteiger partial charge >= 0.3 is 0 Å². The summed E-state index contributed by atoms with van der Waals surface area (Å²) < 4.78 is 0. The second kappa shape index (κ2) is 8.00. The minimum atomic E-state index is -0.0301. The van der Waals surface area contributed by atoms with Crippen LogP contribution in [0.4, 0.5) is 0 Å². The van der Waals surface area contributed by atoms with Crippen LogP contribution in [0.25, 0.3) is 0 Å². The van der Waals surface area contributed by atoms with Gasteiger partial charge in [0.15, 0.2) is 0 Å². The van der Waals surface area contributed by atoms with Crippen LogP contribution in [-0.2, 0) is 16.1 Å². The summed E-state index contributed by atoms with van der Waals surface area (Å²) in [5.41, 5.74) is 1.22. The predicted octanol–water partition coefficient (Wildman–Crippen LogP) is 3.47. The molecule has 1 aliphatic heterocycles. The fraction of sp³-hybridized carbons (Fsp3) is 0.500. The van der Waals surface area contributed by atoms with E-state index >= 15 is 0 Å². The van der Waals surface area contributed by atoms with Gasteiger partial charge in [0, 0.05) is 30.9 Å². The first-order chi connectivity index (χ1) is 12.0. The molecule has 0 bridgehead atoms. The summed E-state index contributed by atoms with van der Waals surface area (Å²) >= 11 is 1.68. The Bertz CT molecular complexity index is 670. The van der Waals surface area contributed by atoms with E-state index < -0.39 is 0 Å². The molecule has 2 aliphatic rings. The second-order valence-corrected chi connectivity index (χ2v) is 8.05. The van der Waals surface area contributed by atoms with Crippen LogP contribution in [0.5, 0.6) is 0 Å². The van der Waals surface area contributed by atoms with Crippen molar-refractivity contribution in [3.8, 4) is 0 Å². The molecule has 5 heteroatoms. The van der Waals surface area contributed by atoms with Gasteiger partial charge in [-0.25, -0.2) is 0 Å². The maximum Gasteiger partial charge on any atom is 0.229 e. The van der Waals surface area contributed by atoms with Crippen molar-refractivity contribution >= 4 is 23.2 Å². The third-order valence-electron chi connectivity index (χ3n) is 5.11. The molecule has 0 aromatic carbocycles. The van der Waals surface area contributed by atoms with Gasteiger partial charge < -0.3 is 9.80 Å². The van der Waals surface area contributed by atoms with Crippen molar-refractivity contribution in [1.82, 2.24) is 9.80 Å². The molecule has 0 radical (unpaired) electrons. The zero-order chi connectivity index (χ0) is 17.8. The van der Waals surface area contributed by atoms with E-state index in [-0.39, 0.29) is 23.7 Å². The Morgan fingerprint density at radius 1 is 1.32 bits per heavy atom. The summed E-state index contributed by atoms with van der Waals surface area (Å²) in [5.74, 6) is 0.421. The number of thiophene rings is 1. The van der Waals surface area contributed by atoms with Crippen molar-refractivity contribution in [2.45, 2.75) is 32.7 Å². The standard InChI is InChI=1S/C20H26N2O2S/c1-15-5-7-16(8-6-15)20(24)22-11-9-17(10-12-22)19(23)21(2)14-18-4-3-13-25-18/h3-7,13,16-17H,8-12,14H2,1-2H3. The maximum atomic E-state index is 12.6. The van der Waals surface area contributed by atoms with Gasteiger partial charge in [0.25, 0.3) is 0 Å². The number of allylic oxidation sites excluding steroid dienone is 3. The smallest absolute Gasteiger partial charge is 0.229 e. The molecule has 0 N–H and O–H groups in total. The molecule has 1 aromatic heterocycles. The van der Waals surface area contributed by atoms with Gasteiger partial charge in [-0.05, 0) is 37.6 Å². The van der Waals surface area contributed by atoms with Crippen LogP contribution in [0, 0.1) is 11.8 Å². The molecule has 1 aliphatic carbocycles. The molecule has 0 saturated carbocycles. The van der Waals surface area contributed by atoms with Crippen LogP contribution in [0.15, 0.2) is 41.3 Å². The van der Waals surface area contributed by atoms with Crippen LogP contribution >= 0.6 is 11.3 Å². The minimum absolute atomic E-state index is 0.0301. The van der Waals surface area contributed by atoms with Gasteiger partial charge in [-0.3, -0.25) is 9.59 Å². The predicted molar refractivity (Wildman–Crippen MR) is 101 cm³/mol. The highest BCUT2D eigenvalue weighted by Gasteiger charge is 2.31. The summed E-state index contributed by atoms with van der Waals surface area (Å²) in [7, 11) is 1.88. The molecule has 3 rings (SSSR count). The van der Waals surface area contributed by atoms with Crippen molar-refractivity contribution < 1.29 is 9.59 Å². The molecular formula is C20H26N2O2S. The average molecular weight is 359 g/mol. The molecule has 2 heterocycles. The van der Waals surface area contributed by atoms with Gasteiger partial charge in [0.05, 0.1) is 12.5 Å². The van der Waals surface area contributed by atoms with Gasteiger partial charge in [0.1, 0.15) is 0 Å². The number of amides is 2. The van der Waals surface area contributed by atoms with Crippen molar-refractivity contribution in [1.29, 1.82) is 0 Å². The van der Waals surface area contributed by atoms with Gasteiger partial charge in [-0.15, -0.1) is 11.3 Å². The van der Waals surface area contributed by atoms with Crippen LogP contribution in [0.1, 0.15) is 31.1 Å². The zero-order valence-electron chi connectivity index (χ0n) is 15.0. The Morgan fingerprint density at radius 2 is 2.08 bits per heavy atom. The van der Waals surface area contributed by atoms with Crippen molar-refractivity contribution in [2.75, 3.05) is 20.1 Å². The highest BCUT2D eigenvalue weighted by molar-refractivity contribution is 7.09. The average Bonchev–Trinajstić information content (AvgIpc) is 3.14. The number of piperidine rings is 1. The van der Waals surface area contributed by atoms with Crippen molar-refractivity contribution in [2.24, 2.45) is 11.8 Å². The summed E-state index contributed by atoms with van der Waals surface area (Å²) in [6.07, 6.45) is 8.50. The van der Waals surface area contributed by atoms with Crippen LogP contribution in [0.2, 0.25) is 0 Å². The fourth-order valence-corrected chi connectivity index (χ4v) is 4.28. The van der Waals surface area contributed by atoms with Gasteiger partial charge in [-0.1, -0.05) is 29.9 Å². The lowest BCUT2D eigenvalue weighted by Gasteiger charge is -2.34. The van der Waals surface area contributed by atoms with E-state index in [1.165, 1.54) is 10.5 Å². The quantitative estimate of drug-likeness (QED) is 0.827. The van der Waals surface area contributed by atoms with Crippen molar-refractivity contribution in [3.63, 3.8) is 0 Å². The topological polar surface area (TPSA) is 40.6 Å². The molecule has 25 heavy (non-hydrogen) atoms. The molecule has 1 atom stereocenters. The van der Waals surface area contributed by atoms with Crippen LogP contribution in [0.3, 0.4) is 0 Å². The number of hydrogen-bond acceptors (Lipinski definition) is 3. The molecule has 134 valence electrons. The van der Waals surface area contributed by atoms with Crippen LogP contribution < -0.4 is 0 Å². The molecule has 0 spiro atoms. The first-order valence-corrected chi connectivity index (χ1v) is 9.83. The monoisotopic (exact) mass is 358 g/mol. The summed E-state index contributed by atoms with van der Waals surface area (Å²) in [4.78, 5) is 30.2. The summed E-state index contributed by atoms with van der Waals surface area (Å²) in [5, 5.41) is 2.04. The van der Waals surface area contributed by atoms with E-state index in [0.29, 0.717) is 19.6 Å². The lowest BCUT2D eigenvalue weighted by Crippen LogP contribution is -2.45. The summed E-state index contributed by atoms with van der Waals surface area (Å²) in [6, 6.07) is 4.07. The molecule has 1 saturated heterocycles. The first-order valence-electron chi connectivity index (χ1n) is 8.95. The molecule has 1 aromatic rings. The summed E-state index contributed by atoms with van der Waals surface area (Å²) in [6.45, 7) is 4.11. The number of likely N-dealkylation sites (tertiary alicyclic amines) is 1. The number of carbonyl (C=O) groups excluding carboxylic acids is 2. The Balaban J connectivity index is 1.49. The number of nitrogens with zero attached hydrogens (tertiary/aromatic N) is 2. The van der Waals surface area contributed by atoms with E-state index in [0.717, 1.165) is 19.3 Å². The lowest BCUT2D eigenvalue weighted by molar-refractivity contribution is -0.141. The van der Waals surface area contributed by atoms with Gasteiger partial charge in [-0.2, -0.15) is 0 Å². The normalized spacial score (nSPS) is 21.1. The van der Waals surface area contributed by atoms with E-state index in [9.17, 15) is 9.59 Å². The largest absolute Gasteiger partial charge is 0.342 e. The third-order valence-corrected chi connectivity index (χ3v) is 5.97. The number of carbonyl (C=O) groups is 2. The fourth-order valence-electron chi connectivity index (χ4n) is 3.52. The molecule has 1 unspecified atom stereocenters. The highest BCUT2D eigenvalue weighted by Crippen LogP contribution is 2.24. The van der Waals surface area contributed by atoms with Crippen molar-refractivity contribution in [3.05, 3.63) is 46.2 Å². The maximum absolute atomic E-state index is 12.6. The zero-order valence-corrected chi connectivity index (χ0v) is 15.8. The first kappa shape index (κ1) is 17.9. The molecule has 2 amide bonds. The number of hydrogen-bond donors (Lipinski definition) is 0. The van der Waals surface area contributed by atoms with Gasteiger partial charge in [0.2, 0.25) is 11.8 Å². The molecule has 4 nitrogen and oxygen atoms in total. The van der Waals surface area contributed by atoms with E-state index in [4.69, 9.17) is 0 Å². The molecule has 1 fully saturated rings. The van der Waals surface area contributed by atoms with E-state index in [2.05, 4.69) is 19.1 Å². The Kier molecular flexibility index (Phi) is 5.74. The Morgan fingerprint density at radius 3 is 2.68 bits per heavy atom. The van der Waals surface area contributed by atoms with E-state index in [1.807, 2.05) is 40.4 Å². The van der Waals surface area contributed by atoms with Crippen LogP contribution in [-0.4, -0.2) is 41.8 Å². The third kappa shape index (κ3) is 4.40. The highest BCUT2D eigenvalue weighted by atomic mass is 32.1. The SMILES string of the molecule is CC1=CCC(C(=O)N2CCC(C(=O)N(C)Cc3cccs3)CC2)C=C1. The minimum Gasteiger partial charge on any atom is -0.342 e. The molecular weight excluding hydrogens is 332 g/mol. The number of rotatable bonds is 4. The Labute approximate surface area is 153 Å². The second-order valence-electron chi connectivity index (χ2n) is 7.02. The lowest BCUT2D eigenvalue weighted by atomic mass is 9.92. The van der Waals surface area contributed by atoms with E-state index in [1.54, 1.807) is 11.3 Å². The Hall–Kier alpha value is -1.88.